The van der Waals surface area contributed by atoms with Gasteiger partial charge in [-0.25, -0.2) is 0 Å². The molecule has 0 aliphatic carbocycles. The predicted octanol–water partition coefficient (Wildman–Crippen LogP) is 5.20. The van der Waals surface area contributed by atoms with Gasteiger partial charge in [0.2, 0.25) is 0 Å². The Morgan fingerprint density at radius 3 is 1.71 bits per heavy atom. The fourth-order valence-corrected chi connectivity index (χ4v) is 1.31. The van der Waals surface area contributed by atoms with Crippen molar-refractivity contribution in [3.8, 4) is 0 Å². The summed E-state index contributed by atoms with van der Waals surface area (Å²) in [5, 5.41) is 0. The number of unbranched alkanes of at least 4 members (excludes halogenated alkanes) is 1. The molecule has 0 rings (SSSR count). The second-order valence-electron chi connectivity index (χ2n) is 2.69. The second-order valence-corrected chi connectivity index (χ2v) is 2.96. The van der Waals surface area contributed by atoms with Crippen molar-refractivity contribution in [1.29, 1.82) is 0 Å². The molecule has 2 heteroatoms. The molecular weight excluding hydrogens is 191 g/mol. The monoisotopic (exact) mass is 222 g/mol. The SMILES string of the molecule is CC.CC.CCCCC(CCC)OP. The maximum Gasteiger partial charge on any atom is 0.0610 e. The van der Waals surface area contributed by atoms with E-state index in [9.17, 15) is 0 Å². The normalized spacial score (nSPS) is 10.5. The third kappa shape index (κ3) is 18.2. The molecular formula is C12H31OP. The van der Waals surface area contributed by atoms with Crippen molar-refractivity contribution in [2.75, 3.05) is 0 Å². The first-order valence-corrected chi connectivity index (χ1v) is 6.67. The van der Waals surface area contributed by atoms with Crippen LogP contribution >= 0.6 is 9.47 Å². The molecule has 0 aliphatic rings. The van der Waals surface area contributed by atoms with Crippen LogP contribution in [0.25, 0.3) is 0 Å². The standard InChI is InChI=1S/C8H19OP.2C2H6/c1-3-5-7-8(9-10)6-4-2;2*1-2/h8H,3-7,10H2,1-2H3;2*1-2H3. The van der Waals surface area contributed by atoms with Crippen LogP contribution in [0.4, 0.5) is 0 Å². The molecule has 1 nitrogen and oxygen atoms in total. The van der Waals surface area contributed by atoms with E-state index in [1.165, 1.54) is 32.1 Å². The van der Waals surface area contributed by atoms with Gasteiger partial charge in [-0.1, -0.05) is 60.8 Å². The van der Waals surface area contributed by atoms with Crippen LogP contribution < -0.4 is 0 Å². The molecule has 0 fully saturated rings. The summed E-state index contributed by atoms with van der Waals surface area (Å²) in [7, 11) is 2.36. The number of hydrogen-bond donors (Lipinski definition) is 0. The van der Waals surface area contributed by atoms with Crippen molar-refractivity contribution in [3.63, 3.8) is 0 Å². The van der Waals surface area contributed by atoms with E-state index in [-0.39, 0.29) is 0 Å². The van der Waals surface area contributed by atoms with E-state index in [4.69, 9.17) is 4.52 Å². The molecule has 0 aromatic carbocycles. The molecule has 0 saturated carbocycles. The molecule has 0 aliphatic heterocycles. The van der Waals surface area contributed by atoms with Crippen LogP contribution in [0.15, 0.2) is 0 Å². The Labute approximate surface area is 94.3 Å². The minimum atomic E-state index is 0.481. The molecule has 90 valence electrons. The highest BCUT2D eigenvalue weighted by Crippen LogP contribution is 2.12. The first-order valence-electron chi connectivity index (χ1n) is 6.20. The summed E-state index contributed by atoms with van der Waals surface area (Å²) in [5.41, 5.74) is 0. The van der Waals surface area contributed by atoms with Gasteiger partial charge in [0.15, 0.2) is 0 Å². The fourth-order valence-electron chi connectivity index (χ4n) is 1.03. The molecule has 0 N–H and O–H groups in total. The molecule has 0 heterocycles. The zero-order valence-corrected chi connectivity index (χ0v) is 12.3. The Morgan fingerprint density at radius 2 is 1.43 bits per heavy atom. The summed E-state index contributed by atoms with van der Waals surface area (Å²) in [5.74, 6) is 0. The second kappa shape index (κ2) is 23.3. The molecule has 0 radical (unpaired) electrons. The predicted molar refractivity (Wildman–Crippen MR) is 71.7 cm³/mol. The van der Waals surface area contributed by atoms with E-state index in [0.29, 0.717) is 6.10 Å². The van der Waals surface area contributed by atoms with Crippen molar-refractivity contribution >= 4 is 9.47 Å². The van der Waals surface area contributed by atoms with Crippen molar-refractivity contribution in [1.82, 2.24) is 0 Å². The lowest BCUT2D eigenvalue weighted by Gasteiger charge is -2.12. The van der Waals surface area contributed by atoms with Crippen molar-refractivity contribution < 1.29 is 4.52 Å². The molecule has 2 atom stereocenters. The molecule has 0 bridgehead atoms. The van der Waals surface area contributed by atoms with Gasteiger partial charge in [-0.15, -0.1) is 0 Å². The van der Waals surface area contributed by atoms with E-state index in [2.05, 4.69) is 23.3 Å². The van der Waals surface area contributed by atoms with Crippen LogP contribution in [-0.2, 0) is 4.52 Å². The van der Waals surface area contributed by atoms with Gasteiger partial charge in [0, 0.05) is 9.47 Å². The van der Waals surface area contributed by atoms with Gasteiger partial charge in [0.05, 0.1) is 6.10 Å². The number of hydrogen-bond acceptors (Lipinski definition) is 1. The maximum atomic E-state index is 5.21. The Kier molecular flexibility index (Phi) is 33.1. The highest BCUT2D eigenvalue weighted by Gasteiger charge is 2.03. The van der Waals surface area contributed by atoms with Gasteiger partial charge in [0.25, 0.3) is 0 Å². The van der Waals surface area contributed by atoms with Gasteiger partial charge in [0.1, 0.15) is 0 Å². The van der Waals surface area contributed by atoms with Gasteiger partial charge >= 0.3 is 0 Å². The van der Waals surface area contributed by atoms with Crippen LogP contribution in [0.1, 0.15) is 73.6 Å². The maximum absolute atomic E-state index is 5.21. The van der Waals surface area contributed by atoms with Crippen LogP contribution in [0, 0.1) is 0 Å². The Morgan fingerprint density at radius 1 is 0.929 bits per heavy atom. The average molecular weight is 222 g/mol. The highest BCUT2D eigenvalue weighted by molar-refractivity contribution is 7.09. The largest absolute Gasteiger partial charge is 0.362 e. The molecule has 0 saturated heterocycles. The van der Waals surface area contributed by atoms with Gasteiger partial charge in [-0.2, -0.15) is 0 Å². The molecule has 14 heavy (non-hydrogen) atoms. The summed E-state index contributed by atoms with van der Waals surface area (Å²) in [6, 6.07) is 0. The van der Waals surface area contributed by atoms with Crippen molar-refractivity contribution in [2.45, 2.75) is 79.8 Å². The van der Waals surface area contributed by atoms with Gasteiger partial charge in [-0.3, -0.25) is 0 Å². The summed E-state index contributed by atoms with van der Waals surface area (Å²) >= 11 is 0. The minimum absolute atomic E-state index is 0.481. The Balaban J connectivity index is -0.000000266. The lowest BCUT2D eigenvalue weighted by Crippen LogP contribution is -2.06. The third-order valence-electron chi connectivity index (χ3n) is 1.68. The van der Waals surface area contributed by atoms with Gasteiger partial charge in [-0.05, 0) is 12.8 Å². The lowest BCUT2D eigenvalue weighted by molar-refractivity contribution is 0.209. The highest BCUT2D eigenvalue weighted by atomic mass is 31.0. The fraction of sp³-hybridized carbons (Fsp3) is 1.00. The van der Waals surface area contributed by atoms with Crippen LogP contribution in [0.2, 0.25) is 0 Å². The minimum Gasteiger partial charge on any atom is -0.362 e. The van der Waals surface area contributed by atoms with E-state index in [0.717, 1.165) is 0 Å². The molecule has 0 aromatic rings. The topological polar surface area (TPSA) is 9.23 Å². The van der Waals surface area contributed by atoms with Crippen LogP contribution in [0.3, 0.4) is 0 Å². The third-order valence-corrected chi connectivity index (χ3v) is 2.07. The zero-order chi connectivity index (χ0) is 11.8. The summed E-state index contributed by atoms with van der Waals surface area (Å²) in [6.45, 7) is 12.4. The molecule has 0 spiro atoms. The van der Waals surface area contributed by atoms with Crippen LogP contribution in [-0.4, -0.2) is 6.10 Å². The van der Waals surface area contributed by atoms with E-state index in [1.54, 1.807) is 0 Å². The first kappa shape index (κ1) is 19.9. The van der Waals surface area contributed by atoms with Gasteiger partial charge < -0.3 is 4.52 Å². The Bertz CT molecular complexity index is 67.3. The average Bonchev–Trinajstić information content (AvgIpc) is 2.29. The Hall–Kier alpha value is 0.390. The summed E-state index contributed by atoms with van der Waals surface area (Å²) in [6.07, 6.45) is 6.68. The lowest BCUT2D eigenvalue weighted by atomic mass is 10.1. The van der Waals surface area contributed by atoms with Crippen LogP contribution in [0.5, 0.6) is 0 Å². The van der Waals surface area contributed by atoms with Crippen molar-refractivity contribution in [2.24, 2.45) is 0 Å². The smallest absolute Gasteiger partial charge is 0.0610 e. The molecule has 0 aromatic heterocycles. The quantitative estimate of drug-likeness (QED) is 0.561. The first-order chi connectivity index (χ1) is 6.85. The molecule has 2 unspecified atom stereocenters. The van der Waals surface area contributed by atoms with E-state index in [1.807, 2.05) is 27.7 Å². The van der Waals surface area contributed by atoms with E-state index >= 15 is 0 Å². The summed E-state index contributed by atoms with van der Waals surface area (Å²) < 4.78 is 5.21. The van der Waals surface area contributed by atoms with E-state index < -0.39 is 0 Å². The van der Waals surface area contributed by atoms with Crippen molar-refractivity contribution in [3.05, 3.63) is 0 Å². The molecule has 0 amide bonds. The summed E-state index contributed by atoms with van der Waals surface area (Å²) in [4.78, 5) is 0. The number of rotatable bonds is 6. The zero-order valence-electron chi connectivity index (χ0n) is 11.1.